The zero-order valence-electron chi connectivity index (χ0n) is 10.1. The SMILES string of the molecule is CC.CCc1ccc(OC)c(S(N)(=O)=O)c1. The zero-order valence-corrected chi connectivity index (χ0v) is 11.0. The van der Waals surface area contributed by atoms with Crippen LogP contribution in [0.25, 0.3) is 0 Å². The Hall–Kier alpha value is -1.07. The van der Waals surface area contributed by atoms with Crippen LogP contribution < -0.4 is 9.88 Å². The van der Waals surface area contributed by atoms with Gasteiger partial charge in [0.05, 0.1) is 7.11 Å². The van der Waals surface area contributed by atoms with E-state index >= 15 is 0 Å². The second-order valence-corrected chi connectivity index (χ2v) is 4.41. The molecule has 0 aliphatic rings. The summed E-state index contributed by atoms with van der Waals surface area (Å²) in [4.78, 5) is 0.0411. The van der Waals surface area contributed by atoms with Crippen molar-refractivity contribution in [1.82, 2.24) is 0 Å². The lowest BCUT2D eigenvalue weighted by Crippen LogP contribution is -2.13. The summed E-state index contributed by atoms with van der Waals surface area (Å²) in [5.74, 6) is 0.282. The Morgan fingerprint density at radius 2 is 1.88 bits per heavy atom. The van der Waals surface area contributed by atoms with E-state index < -0.39 is 10.0 Å². The fourth-order valence-electron chi connectivity index (χ4n) is 1.16. The highest BCUT2D eigenvalue weighted by molar-refractivity contribution is 7.89. The van der Waals surface area contributed by atoms with Crippen molar-refractivity contribution in [3.05, 3.63) is 23.8 Å². The molecule has 1 aromatic carbocycles. The number of primary sulfonamides is 1. The second-order valence-electron chi connectivity index (χ2n) is 2.88. The van der Waals surface area contributed by atoms with E-state index in [-0.39, 0.29) is 10.6 Å². The third-order valence-corrected chi connectivity index (χ3v) is 2.87. The van der Waals surface area contributed by atoms with Gasteiger partial charge in [0.2, 0.25) is 10.0 Å². The van der Waals surface area contributed by atoms with Crippen molar-refractivity contribution in [2.24, 2.45) is 5.14 Å². The summed E-state index contributed by atoms with van der Waals surface area (Å²) in [6.45, 7) is 5.94. The molecule has 2 N–H and O–H groups in total. The highest BCUT2D eigenvalue weighted by atomic mass is 32.2. The van der Waals surface area contributed by atoms with Crippen molar-refractivity contribution < 1.29 is 13.2 Å². The maximum absolute atomic E-state index is 11.2. The van der Waals surface area contributed by atoms with Crippen molar-refractivity contribution in [2.45, 2.75) is 32.1 Å². The van der Waals surface area contributed by atoms with Gasteiger partial charge >= 0.3 is 0 Å². The first-order chi connectivity index (χ1) is 7.49. The van der Waals surface area contributed by atoms with Crippen LogP contribution in [0, 0.1) is 0 Å². The number of rotatable bonds is 3. The van der Waals surface area contributed by atoms with Gasteiger partial charge < -0.3 is 4.74 Å². The molecule has 1 rings (SSSR count). The predicted octanol–water partition coefficient (Wildman–Crippen LogP) is 1.93. The highest BCUT2D eigenvalue weighted by Gasteiger charge is 2.14. The molecule has 0 aliphatic heterocycles. The van der Waals surface area contributed by atoms with E-state index in [1.807, 2.05) is 26.8 Å². The molecule has 0 atom stereocenters. The molecule has 4 nitrogen and oxygen atoms in total. The number of hydrogen-bond acceptors (Lipinski definition) is 3. The molecule has 0 fully saturated rings. The summed E-state index contributed by atoms with van der Waals surface area (Å²) >= 11 is 0. The van der Waals surface area contributed by atoms with Crippen molar-refractivity contribution in [3.8, 4) is 5.75 Å². The van der Waals surface area contributed by atoms with Gasteiger partial charge in [0.1, 0.15) is 10.6 Å². The summed E-state index contributed by atoms with van der Waals surface area (Å²) in [6.07, 6.45) is 0.756. The normalized spacial score (nSPS) is 10.3. The molecule has 0 spiro atoms. The molecule has 16 heavy (non-hydrogen) atoms. The minimum Gasteiger partial charge on any atom is -0.495 e. The molecule has 0 saturated heterocycles. The van der Waals surface area contributed by atoms with Crippen molar-refractivity contribution >= 4 is 10.0 Å². The van der Waals surface area contributed by atoms with Crippen LogP contribution in [-0.4, -0.2) is 15.5 Å². The average molecular weight is 245 g/mol. The van der Waals surface area contributed by atoms with E-state index in [0.717, 1.165) is 12.0 Å². The Labute approximate surface area is 97.5 Å². The van der Waals surface area contributed by atoms with Crippen LogP contribution in [0.15, 0.2) is 23.1 Å². The quantitative estimate of drug-likeness (QED) is 0.884. The van der Waals surface area contributed by atoms with Gasteiger partial charge in [-0.05, 0) is 24.1 Å². The minimum atomic E-state index is -3.70. The predicted molar refractivity (Wildman–Crippen MR) is 65.1 cm³/mol. The summed E-state index contributed by atoms with van der Waals surface area (Å²) in [5, 5.41) is 5.05. The van der Waals surface area contributed by atoms with Crippen LogP contribution in [0.4, 0.5) is 0 Å². The summed E-state index contributed by atoms with van der Waals surface area (Å²) in [6, 6.07) is 4.96. The number of nitrogens with two attached hydrogens (primary N) is 1. The molecule has 1 aromatic rings. The topological polar surface area (TPSA) is 69.4 Å². The van der Waals surface area contributed by atoms with Gasteiger partial charge in [0.15, 0.2) is 0 Å². The van der Waals surface area contributed by atoms with E-state index in [2.05, 4.69) is 0 Å². The molecule has 0 unspecified atom stereocenters. The first-order valence-corrected chi connectivity index (χ1v) is 6.73. The Morgan fingerprint density at radius 3 is 2.25 bits per heavy atom. The van der Waals surface area contributed by atoms with E-state index in [4.69, 9.17) is 9.88 Å². The second kappa shape index (κ2) is 6.50. The molecule has 0 amide bonds. The Balaban J connectivity index is 0.00000106. The first kappa shape index (κ1) is 14.9. The number of benzene rings is 1. The highest BCUT2D eigenvalue weighted by Crippen LogP contribution is 2.23. The number of ether oxygens (including phenoxy) is 1. The van der Waals surface area contributed by atoms with Gasteiger partial charge in [-0.3, -0.25) is 0 Å². The molecule has 0 aliphatic carbocycles. The van der Waals surface area contributed by atoms with E-state index in [0.29, 0.717) is 0 Å². The van der Waals surface area contributed by atoms with Crippen molar-refractivity contribution in [3.63, 3.8) is 0 Å². The smallest absolute Gasteiger partial charge is 0.241 e. The van der Waals surface area contributed by atoms with E-state index in [1.54, 1.807) is 6.07 Å². The van der Waals surface area contributed by atoms with E-state index in [1.165, 1.54) is 13.2 Å². The van der Waals surface area contributed by atoms with Crippen LogP contribution in [0.5, 0.6) is 5.75 Å². The molecule has 0 bridgehead atoms. The van der Waals surface area contributed by atoms with Gasteiger partial charge in [0, 0.05) is 0 Å². The molecule has 0 radical (unpaired) electrons. The summed E-state index contributed by atoms with van der Waals surface area (Å²) in [5.41, 5.74) is 0.912. The number of hydrogen-bond donors (Lipinski definition) is 1. The summed E-state index contributed by atoms with van der Waals surface area (Å²) in [7, 11) is -2.29. The molecule has 0 saturated carbocycles. The van der Waals surface area contributed by atoms with Crippen LogP contribution in [0.3, 0.4) is 0 Å². The van der Waals surface area contributed by atoms with Crippen LogP contribution >= 0.6 is 0 Å². The average Bonchev–Trinajstić information content (AvgIpc) is 2.29. The lowest BCUT2D eigenvalue weighted by atomic mass is 10.2. The van der Waals surface area contributed by atoms with Gasteiger partial charge in [0.25, 0.3) is 0 Å². The Bertz CT molecular complexity index is 427. The van der Waals surface area contributed by atoms with Crippen LogP contribution in [0.1, 0.15) is 26.3 Å². The third-order valence-electron chi connectivity index (χ3n) is 1.94. The molecule has 92 valence electrons. The fraction of sp³-hybridized carbons (Fsp3) is 0.455. The molecule has 5 heteroatoms. The molecule has 0 aromatic heterocycles. The first-order valence-electron chi connectivity index (χ1n) is 5.18. The number of aryl methyl sites for hydroxylation is 1. The van der Waals surface area contributed by atoms with Gasteiger partial charge in [-0.15, -0.1) is 0 Å². The summed E-state index contributed by atoms with van der Waals surface area (Å²) < 4.78 is 27.3. The number of methoxy groups -OCH3 is 1. The zero-order chi connectivity index (χ0) is 12.8. The van der Waals surface area contributed by atoms with Crippen LogP contribution in [0.2, 0.25) is 0 Å². The lowest BCUT2D eigenvalue weighted by molar-refractivity contribution is 0.402. The monoisotopic (exact) mass is 245 g/mol. The maximum Gasteiger partial charge on any atom is 0.241 e. The molecular weight excluding hydrogens is 226 g/mol. The lowest BCUT2D eigenvalue weighted by Gasteiger charge is -2.07. The van der Waals surface area contributed by atoms with Gasteiger partial charge in [-0.1, -0.05) is 26.8 Å². The standard InChI is InChI=1S/C9H13NO3S.C2H6/c1-3-7-4-5-8(13-2)9(6-7)14(10,11)12;1-2/h4-6H,3H2,1-2H3,(H2,10,11,12);1-2H3. The van der Waals surface area contributed by atoms with E-state index in [9.17, 15) is 8.42 Å². The third kappa shape index (κ3) is 3.83. The minimum absolute atomic E-state index is 0.0411. The Kier molecular flexibility index (Phi) is 6.06. The Morgan fingerprint density at radius 1 is 1.31 bits per heavy atom. The van der Waals surface area contributed by atoms with Gasteiger partial charge in [-0.25, -0.2) is 13.6 Å². The maximum atomic E-state index is 11.2. The largest absolute Gasteiger partial charge is 0.495 e. The van der Waals surface area contributed by atoms with Crippen LogP contribution in [-0.2, 0) is 16.4 Å². The molecule has 0 heterocycles. The van der Waals surface area contributed by atoms with Gasteiger partial charge in [-0.2, -0.15) is 0 Å². The van der Waals surface area contributed by atoms with Crippen molar-refractivity contribution in [2.75, 3.05) is 7.11 Å². The molecular formula is C11H19NO3S. The number of sulfonamides is 1. The van der Waals surface area contributed by atoms with Crippen molar-refractivity contribution in [1.29, 1.82) is 0 Å². The fourth-order valence-corrected chi connectivity index (χ4v) is 1.91.